The Labute approximate surface area is 283 Å². The van der Waals surface area contributed by atoms with Gasteiger partial charge in [0.05, 0.1) is 12.6 Å². The van der Waals surface area contributed by atoms with Gasteiger partial charge in [0.1, 0.15) is 22.7 Å². The number of nitrogens with zero attached hydrogens (tertiary/aromatic N) is 3. The number of halogens is 1. The van der Waals surface area contributed by atoms with Gasteiger partial charge >= 0.3 is 12.1 Å². The van der Waals surface area contributed by atoms with Crippen LogP contribution in [0.15, 0.2) is 78.1 Å². The summed E-state index contributed by atoms with van der Waals surface area (Å²) in [6.07, 6.45) is 1.06. The minimum atomic E-state index is -0.855. The van der Waals surface area contributed by atoms with Crippen LogP contribution in [0.25, 0.3) is 0 Å². The van der Waals surface area contributed by atoms with Crippen molar-refractivity contribution in [3.63, 3.8) is 0 Å². The second-order valence-corrected chi connectivity index (χ2v) is 12.7. The Morgan fingerprint density at radius 1 is 1.09 bits per heavy atom. The maximum Gasteiger partial charge on any atom is 0.408 e. The number of esters is 1. The summed E-state index contributed by atoms with van der Waals surface area (Å²) in [5.74, 6) is -0.0592. The van der Waals surface area contributed by atoms with Crippen molar-refractivity contribution >= 4 is 42.0 Å². The smallest absolute Gasteiger partial charge is 0.408 e. The van der Waals surface area contributed by atoms with Crippen LogP contribution < -0.4 is 39.3 Å². The van der Waals surface area contributed by atoms with E-state index in [0.717, 1.165) is 16.7 Å². The van der Waals surface area contributed by atoms with Gasteiger partial charge in [-0.1, -0.05) is 60.7 Å². The molecule has 0 spiro atoms. The molecule has 1 fully saturated rings. The molecule has 2 N–H and O–H groups in total. The molecule has 11 nitrogen and oxygen atoms in total. The molecule has 3 amide bonds. The number of hydrogen-bond donors (Lipinski definition) is 2. The van der Waals surface area contributed by atoms with Crippen LogP contribution in [0.4, 0.5) is 10.6 Å². The summed E-state index contributed by atoms with van der Waals surface area (Å²) in [6, 6.07) is 18.0. The van der Waals surface area contributed by atoms with Crippen LogP contribution in [-0.2, 0) is 37.4 Å². The number of amides is 3. The topological polar surface area (TPSA) is 123 Å². The Hall–Kier alpha value is -3.85. The monoisotopic (exact) mass is 745 g/mol. The summed E-state index contributed by atoms with van der Waals surface area (Å²) in [7, 11) is 1.80. The van der Waals surface area contributed by atoms with Crippen LogP contribution in [0.3, 0.4) is 0 Å². The number of fused-ring (bicyclic) bond motifs is 1. The fraction of sp³-hybridized carbons (Fsp3) is 0.344. The Bertz CT molecular complexity index is 1570. The van der Waals surface area contributed by atoms with Crippen molar-refractivity contribution in [2.24, 2.45) is 7.05 Å². The lowest BCUT2D eigenvalue weighted by Crippen LogP contribution is -3.00. The van der Waals surface area contributed by atoms with Gasteiger partial charge in [0, 0.05) is 11.3 Å². The average molecular weight is 746 g/mol. The van der Waals surface area contributed by atoms with E-state index < -0.39 is 41.1 Å². The number of alkyl carbamates (subject to hydrolysis) is 1. The zero-order valence-corrected chi connectivity index (χ0v) is 28.6. The van der Waals surface area contributed by atoms with E-state index in [-0.39, 0.29) is 36.2 Å². The highest BCUT2D eigenvalue weighted by atomic mass is 127. The molecule has 2 aliphatic heterocycles. The van der Waals surface area contributed by atoms with E-state index in [1.807, 2.05) is 78.5 Å². The molecule has 0 radical (unpaired) electrons. The summed E-state index contributed by atoms with van der Waals surface area (Å²) < 4.78 is 15.2. The van der Waals surface area contributed by atoms with Gasteiger partial charge in [0.2, 0.25) is 12.6 Å². The number of carbonyl (C=O) groups excluding carboxylic acids is 4. The van der Waals surface area contributed by atoms with Gasteiger partial charge in [-0.15, -0.1) is 21.1 Å². The molecule has 3 aromatic rings. The lowest BCUT2D eigenvalue weighted by molar-refractivity contribution is -0.765. The molecular formula is C32H36IN5O6S. The predicted molar refractivity (Wildman–Crippen MR) is 164 cm³/mol. The number of nitrogens with one attached hydrogen (secondary N) is 2. The van der Waals surface area contributed by atoms with Crippen LogP contribution in [-0.4, -0.2) is 56.7 Å². The highest BCUT2D eigenvalue weighted by Crippen LogP contribution is 2.42. The number of aromatic nitrogens is 2. The van der Waals surface area contributed by atoms with Crippen molar-refractivity contribution in [2.75, 3.05) is 11.1 Å². The highest BCUT2D eigenvalue weighted by molar-refractivity contribution is 8.00. The fourth-order valence-electron chi connectivity index (χ4n) is 5.34. The third-order valence-electron chi connectivity index (χ3n) is 7.32. The number of benzene rings is 2. The van der Waals surface area contributed by atoms with Crippen LogP contribution in [0.1, 0.15) is 43.6 Å². The molecule has 0 saturated carbocycles. The first-order valence-corrected chi connectivity index (χ1v) is 15.3. The van der Waals surface area contributed by atoms with Crippen molar-refractivity contribution in [2.45, 2.75) is 57.4 Å². The number of β-lactam (4-membered cyclic amide) rings is 1. The third kappa shape index (κ3) is 7.35. The maximum atomic E-state index is 14.2. The highest BCUT2D eigenvalue weighted by Gasteiger charge is 2.55. The quantitative estimate of drug-likeness (QED) is 0.108. The Morgan fingerprint density at radius 3 is 2.24 bits per heavy atom. The van der Waals surface area contributed by atoms with Crippen molar-refractivity contribution in [1.82, 2.24) is 14.9 Å². The number of aryl methyl sites for hydroxylation is 1. The molecule has 0 unspecified atom stereocenters. The van der Waals surface area contributed by atoms with E-state index >= 15 is 0 Å². The summed E-state index contributed by atoms with van der Waals surface area (Å²) in [6.45, 7) is 7.36. The molecule has 1 aromatic heterocycles. The molecule has 2 aromatic carbocycles. The molecule has 0 bridgehead atoms. The minimum Gasteiger partial charge on any atom is -1.00 e. The number of anilines is 1. The number of carbonyl (C=O) groups is 4. The Morgan fingerprint density at radius 2 is 1.69 bits per heavy atom. The van der Waals surface area contributed by atoms with E-state index in [2.05, 4.69) is 10.6 Å². The third-order valence-corrected chi connectivity index (χ3v) is 8.66. The molecule has 45 heavy (non-hydrogen) atoms. The van der Waals surface area contributed by atoms with Gasteiger partial charge in [-0.05, 0) is 38.8 Å². The van der Waals surface area contributed by atoms with Gasteiger partial charge in [-0.25, -0.2) is 9.59 Å². The molecule has 1 saturated heterocycles. The average Bonchev–Trinajstić information content (AvgIpc) is 3.25. The van der Waals surface area contributed by atoms with E-state index in [1.165, 1.54) is 16.7 Å². The van der Waals surface area contributed by atoms with E-state index in [1.54, 1.807) is 32.5 Å². The predicted octanol–water partition coefficient (Wildman–Crippen LogP) is 0.589. The van der Waals surface area contributed by atoms with E-state index in [4.69, 9.17) is 9.47 Å². The van der Waals surface area contributed by atoms with Crippen molar-refractivity contribution in [1.29, 1.82) is 0 Å². The van der Waals surface area contributed by atoms with Crippen LogP contribution >= 0.6 is 11.8 Å². The van der Waals surface area contributed by atoms with Crippen molar-refractivity contribution < 1.29 is 57.3 Å². The molecule has 2 atom stereocenters. The van der Waals surface area contributed by atoms with Crippen molar-refractivity contribution in [3.8, 4) is 0 Å². The molecule has 0 aliphatic carbocycles. The molecule has 5 rings (SSSR count). The lowest BCUT2D eigenvalue weighted by Gasteiger charge is -2.49. The molecular weight excluding hydrogens is 709 g/mol. The second-order valence-electron chi connectivity index (χ2n) is 11.6. The first-order valence-electron chi connectivity index (χ1n) is 14.2. The van der Waals surface area contributed by atoms with Gasteiger partial charge in [-0.2, -0.15) is 0 Å². The lowest BCUT2D eigenvalue weighted by atomic mass is 10.0. The van der Waals surface area contributed by atoms with Crippen molar-refractivity contribution in [3.05, 3.63) is 94.8 Å². The Kier molecular flexibility index (Phi) is 10.6. The Balaban J connectivity index is 0.00000461. The molecule has 238 valence electrons. The zero-order chi connectivity index (χ0) is 31.6. The summed E-state index contributed by atoms with van der Waals surface area (Å²) >= 11 is 1.45. The largest absolute Gasteiger partial charge is 1.00 e. The SMILES string of the molecule is Cc1c[n+](CC2=C(C(=O)OC(c3ccccc3)c3ccccc3)N3C(=O)[C@@H](NC(=O)OC(C)(C)C)[C@H]3SC2)n(C)c1NC=O.[I-]. The zero-order valence-electron chi connectivity index (χ0n) is 25.7. The van der Waals surface area contributed by atoms with Crippen LogP contribution in [0.2, 0.25) is 0 Å². The second kappa shape index (κ2) is 14.1. The van der Waals surface area contributed by atoms with Crippen LogP contribution in [0, 0.1) is 6.92 Å². The standard InChI is InChI=1S/C32H35N5O6S.HI/c1-20-16-36(35(5)27(20)33-19-38)17-23-18-44-29-24(34-31(41)43-32(2,3)4)28(39)37(29)25(23)30(40)42-26(21-12-8-6-9-13-21)22-14-10-7-11-15-22;/h6-16,19,24,26,29H,17-18H2,1-5H3,(H,34,41);1H/t24-,29-;/m1./s1. The van der Waals surface area contributed by atoms with Gasteiger partial charge in [0.25, 0.3) is 5.91 Å². The van der Waals surface area contributed by atoms with E-state index in [0.29, 0.717) is 23.6 Å². The van der Waals surface area contributed by atoms with Crippen LogP contribution in [0.5, 0.6) is 0 Å². The maximum absolute atomic E-state index is 14.2. The number of rotatable bonds is 9. The first-order chi connectivity index (χ1) is 21.0. The summed E-state index contributed by atoms with van der Waals surface area (Å²) in [5, 5.41) is 4.86. The van der Waals surface area contributed by atoms with Gasteiger partial charge in [-0.3, -0.25) is 14.5 Å². The molecule has 13 heteroatoms. The fourth-order valence-corrected chi connectivity index (χ4v) is 6.68. The van der Waals surface area contributed by atoms with Gasteiger partial charge in [0.15, 0.2) is 18.5 Å². The normalized spacial score (nSPS) is 17.6. The number of ether oxygens (including phenoxy) is 2. The van der Waals surface area contributed by atoms with E-state index in [9.17, 15) is 19.2 Å². The summed E-state index contributed by atoms with van der Waals surface area (Å²) in [4.78, 5) is 52.9. The first kappa shape index (κ1) is 34.0. The molecule has 2 aliphatic rings. The number of thioether (sulfide) groups is 1. The summed E-state index contributed by atoms with van der Waals surface area (Å²) in [5.41, 5.74) is 2.49. The minimum absolute atomic E-state index is 0. The molecule has 3 heterocycles. The number of hydrogen-bond acceptors (Lipinski definition) is 7. The van der Waals surface area contributed by atoms with Gasteiger partial charge < -0.3 is 44.1 Å².